The van der Waals surface area contributed by atoms with E-state index < -0.39 is 12.1 Å². The minimum atomic E-state index is -0.923. The maximum absolute atomic E-state index is 10.9. The number of aryl methyl sites for hydroxylation is 1. The van der Waals surface area contributed by atoms with Crippen LogP contribution < -0.4 is 0 Å². The minimum absolute atomic E-state index is 0.0895. The third-order valence-electron chi connectivity index (χ3n) is 4.44. The molecule has 1 aliphatic rings. The van der Waals surface area contributed by atoms with Crippen LogP contribution in [0.3, 0.4) is 0 Å². The number of hydrogen-bond acceptors (Lipinski definition) is 3. The molecule has 120 valence electrons. The highest BCUT2D eigenvalue weighted by Crippen LogP contribution is 2.38. The molecule has 0 aromatic heterocycles. The molecule has 1 saturated carbocycles. The Bertz CT molecular complexity index is 509. The van der Waals surface area contributed by atoms with Gasteiger partial charge in [-0.1, -0.05) is 30.3 Å². The lowest BCUT2D eigenvalue weighted by atomic mass is 9.89. The number of allylic oxidation sites excluding steroid dienone is 2. The van der Waals surface area contributed by atoms with E-state index in [0.717, 1.165) is 19.3 Å². The molecular formula is C18H24O4. The first-order chi connectivity index (χ1) is 10.6. The van der Waals surface area contributed by atoms with Crippen LogP contribution in [0, 0.1) is 11.8 Å². The molecule has 1 fully saturated rings. The van der Waals surface area contributed by atoms with E-state index in [-0.39, 0.29) is 24.0 Å². The first kappa shape index (κ1) is 16.6. The van der Waals surface area contributed by atoms with Crippen molar-refractivity contribution in [3.8, 4) is 0 Å². The van der Waals surface area contributed by atoms with Crippen LogP contribution in [0.5, 0.6) is 0 Å². The molecule has 2 rings (SSSR count). The average Bonchev–Trinajstić information content (AvgIpc) is 2.85. The number of carboxylic acids is 1. The van der Waals surface area contributed by atoms with Crippen molar-refractivity contribution < 1.29 is 20.1 Å². The van der Waals surface area contributed by atoms with Gasteiger partial charge in [-0.15, -0.1) is 0 Å². The summed E-state index contributed by atoms with van der Waals surface area (Å²) in [5.74, 6) is -1.27. The molecule has 4 nitrogen and oxygen atoms in total. The zero-order chi connectivity index (χ0) is 15.9. The maximum Gasteiger partial charge on any atom is 0.303 e. The fourth-order valence-electron chi connectivity index (χ4n) is 3.25. The van der Waals surface area contributed by atoms with Crippen molar-refractivity contribution >= 4 is 5.97 Å². The number of unbranched alkanes of at least 4 members (excludes halogenated alkanes) is 1. The molecule has 0 amide bonds. The first-order valence-corrected chi connectivity index (χ1v) is 7.90. The Kier molecular flexibility index (Phi) is 6.01. The Hall–Kier alpha value is -1.81. The number of hydrogen-bond donors (Lipinski definition) is 3. The minimum Gasteiger partial charge on any atom is -0.512 e. The first-order valence-electron chi connectivity index (χ1n) is 7.90. The molecule has 3 atom stereocenters. The molecular weight excluding hydrogens is 280 g/mol. The van der Waals surface area contributed by atoms with Crippen LogP contribution in [0.4, 0.5) is 0 Å². The lowest BCUT2D eigenvalue weighted by molar-refractivity contribution is -0.139. The van der Waals surface area contributed by atoms with Gasteiger partial charge in [0.05, 0.1) is 18.3 Å². The van der Waals surface area contributed by atoms with Gasteiger partial charge in [0.25, 0.3) is 0 Å². The highest BCUT2D eigenvalue weighted by molar-refractivity contribution is 5.67. The van der Waals surface area contributed by atoms with Crippen molar-refractivity contribution in [2.45, 2.75) is 44.6 Å². The Morgan fingerprint density at radius 1 is 1.18 bits per heavy atom. The smallest absolute Gasteiger partial charge is 0.303 e. The van der Waals surface area contributed by atoms with Crippen LogP contribution in [-0.4, -0.2) is 27.4 Å². The molecule has 0 aliphatic heterocycles. The van der Waals surface area contributed by atoms with Gasteiger partial charge < -0.3 is 15.3 Å². The third-order valence-corrected chi connectivity index (χ3v) is 4.44. The Morgan fingerprint density at radius 3 is 2.59 bits per heavy atom. The van der Waals surface area contributed by atoms with Gasteiger partial charge in [-0.2, -0.15) is 0 Å². The summed E-state index contributed by atoms with van der Waals surface area (Å²) in [7, 11) is 0. The van der Waals surface area contributed by atoms with Gasteiger partial charge in [0, 0.05) is 11.8 Å². The van der Waals surface area contributed by atoms with E-state index in [4.69, 9.17) is 5.11 Å². The van der Waals surface area contributed by atoms with Gasteiger partial charge in [-0.05, 0) is 43.7 Å². The fraction of sp³-hybridized carbons (Fsp3) is 0.500. The highest BCUT2D eigenvalue weighted by atomic mass is 16.4. The van der Waals surface area contributed by atoms with E-state index in [2.05, 4.69) is 12.1 Å². The number of carboxylic acid groups (broad SMARTS) is 1. The Labute approximate surface area is 131 Å². The van der Waals surface area contributed by atoms with E-state index in [1.165, 1.54) is 5.56 Å². The number of aliphatic hydroxyl groups excluding tert-OH is 2. The van der Waals surface area contributed by atoms with Crippen LogP contribution in [0.15, 0.2) is 42.2 Å². The van der Waals surface area contributed by atoms with Crippen LogP contribution in [0.25, 0.3) is 0 Å². The number of rotatable bonds is 7. The number of aliphatic carboxylic acids is 1. The molecule has 3 N–H and O–H groups in total. The van der Waals surface area contributed by atoms with Gasteiger partial charge in [0.1, 0.15) is 0 Å². The van der Waals surface area contributed by atoms with Crippen molar-refractivity contribution in [1.82, 2.24) is 0 Å². The van der Waals surface area contributed by atoms with Crippen molar-refractivity contribution in [2.75, 3.05) is 0 Å². The summed E-state index contributed by atoms with van der Waals surface area (Å²) < 4.78 is 0. The summed E-state index contributed by atoms with van der Waals surface area (Å²) in [5.41, 5.74) is 1.27. The van der Waals surface area contributed by atoms with Crippen LogP contribution in [0.2, 0.25) is 0 Å². The molecule has 4 heteroatoms. The molecule has 1 aromatic carbocycles. The van der Waals surface area contributed by atoms with Gasteiger partial charge in [-0.25, -0.2) is 0 Å². The molecule has 0 unspecified atom stereocenters. The molecule has 0 radical (unpaired) electrons. The summed E-state index contributed by atoms with van der Waals surface area (Å²) in [6, 6.07) is 10.2. The SMILES string of the molecule is O=C(O)C[C@@H]1[C@@H](C(O)=CCCCc2ccccc2)CC[C@@H]1O. The van der Waals surface area contributed by atoms with Crippen molar-refractivity contribution in [1.29, 1.82) is 0 Å². The summed E-state index contributed by atoms with van der Waals surface area (Å²) in [4.78, 5) is 10.9. The third kappa shape index (κ3) is 4.60. The van der Waals surface area contributed by atoms with Crippen LogP contribution in [0.1, 0.15) is 37.7 Å². The number of carbonyl (C=O) groups is 1. The van der Waals surface area contributed by atoms with E-state index >= 15 is 0 Å². The van der Waals surface area contributed by atoms with E-state index in [1.807, 2.05) is 18.2 Å². The number of aliphatic hydroxyl groups is 2. The molecule has 1 aromatic rings. The predicted octanol–water partition coefficient (Wildman–Crippen LogP) is 3.31. The molecule has 0 saturated heterocycles. The lowest BCUT2D eigenvalue weighted by Crippen LogP contribution is -2.23. The topological polar surface area (TPSA) is 77.8 Å². The normalized spacial score (nSPS) is 25.3. The Balaban J connectivity index is 1.84. The van der Waals surface area contributed by atoms with Gasteiger partial charge in [0.2, 0.25) is 0 Å². The highest BCUT2D eigenvalue weighted by Gasteiger charge is 2.38. The summed E-state index contributed by atoms with van der Waals surface area (Å²) in [6.07, 6.45) is 4.94. The average molecular weight is 304 g/mol. The predicted molar refractivity (Wildman–Crippen MR) is 84.6 cm³/mol. The van der Waals surface area contributed by atoms with E-state index in [9.17, 15) is 15.0 Å². The van der Waals surface area contributed by atoms with Gasteiger partial charge in [0.15, 0.2) is 0 Å². The zero-order valence-electron chi connectivity index (χ0n) is 12.7. The van der Waals surface area contributed by atoms with E-state index in [1.54, 1.807) is 6.08 Å². The van der Waals surface area contributed by atoms with Crippen LogP contribution in [-0.2, 0) is 11.2 Å². The Morgan fingerprint density at radius 2 is 1.91 bits per heavy atom. The largest absolute Gasteiger partial charge is 0.512 e. The molecule has 22 heavy (non-hydrogen) atoms. The second-order valence-corrected chi connectivity index (χ2v) is 6.02. The second kappa shape index (κ2) is 7.99. The van der Waals surface area contributed by atoms with Gasteiger partial charge >= 0.3 is 5.97 Å². The summed E-state index contributed by atoms with van der Waals surface area (Å²) in [5, 5.41) is 29.0. The van der Waals surface area contributed by atoms with Crippen molar-refractivity contribution in [2.24, 2.45) is 11.8 Å². The van der Waals surface area contributed by atoms with Crippen molar-refractivity contribution in [3.63, 3.8) is 0 Å². The fourth-order valence-corrected chi connectivity index (χ4v) is 3.25. The molecule has 0 spiro atoms. The number of benzene rings is 1. The summed E-state index contributed by atoms with van der Waals surface area (Å²) in [6.45, 7) is 0. The standard InChI is InChI=1S/C18H24O4/c19-16(9-5-4-8-13-6-2-1-3-7-13)14-10-11-17(20)15(14)12-18(21)22/h1-3,6-7,9,14-15,17,19-20H,4-5,8,10-12H2,(H,21,22)/t14-,15+,17-/m0/s1. The molecule has 0 bridgehead atoms. The van der Waals surface area contributed by atoms with Crippen LogP contribution >= 0.6 is 0 Å². The summed E-state index contributed by atoms with van der Waals surface area (Å²) >= 11 is 0. The van der Waals surface area contributed by atoms with E-state index in [0.29, 0.717) is 12.8 Å². The lowest BCUT2D eigenvalue weighted by Gasteiger charge is -2.19. The second-order valence-electron chi connectivity index (χ2n) is 6.02. The molecule has 0 heterocycles. The monoisotopic (exact) mass is 304 g/mol. The maximum atomic E-state index is 10.9. The quantitative estimate of drug-likeness (QED) is 0.533. The van der Waals surface area contributed by atoms with Crippen molar-refractivity contribution in [3.05, 3.63) is 47.7 Å². The zero-order valence-corrected chi connectivity index (χ0v) is 12.7. The molecule has 1 aliphatic carbocycles. The van der Waals surface area contributed by atoms with Gasteiger partial charge in [-0.3, -0.25) is 4.79 Å².